The van der Waals surface area contributed by atoms with E-state index in [4.69, 9.17) is 18.9 Å². The second kappa shape index (κ2) is 9.54. The third-order valence-electron chi connectivity index (χ3n) is 8.77. The van der Waals surface area contributed by atoms with Gasteiger partial charge in [-0.25, -0.2) is 4.79 Å². The van der Waals surface area contributed by atoms with Crippen molar-refractivity contribution >= 4 is 17.8 Å². The minimum Gasteiger partial charge on any atom is -0.497 e. The normalized spacial score (nSPS) is 41.4. The van der Waals surface area contributed by atoms with E-state index < -0.39 is 47.0 Å². The van der Waals surface area contributed by atoms with Gasteiger partial charge in [0.05, 0.1) is 31.0 Å². The minimum atomic E-state index is -1.84. The van der Waals surface area contributed by atoms with Crippen LogP contribution in [0.4, 0.5) is 4.79 Å². The Hall–Kier alpha value is -3.17. The molecular weight excluding hydrogens is 490 g/mol. The van der Waals surface area contributed by atoms with Gasteiger partial charge in [-0.2, -0.15) is 0 Å². The summed E-state index contributed by atoms with van der Waals surface area (Å²) in [5.41, 5.74) is -0.403. The number of benzene rings is 1. The molecule has 1 amide bonds. The van der Waals surface area contributed by atoms with E-state index in [0.29, 0.717) is 12.8 Å². The smallest absolute Gasteiger partial charge is 0.497 e. The van der Waals surface area contributed by atoms with Crippen LogP contribution in [0.1, 0.15) is 39.7 Å². The monoisotopic (exact) mass is 525 g/mol. The largest absolute Gasteiger partial charge is 0.514 e. The van der Waals surface area contributed by atoms with Crippen LogP contribution in [0.2, 0.25) is 0 Å². The van der Waals surface area contributed by atoms with E-state index in [-0.39, 0.29) is 24.0 Å². The molecule has 5 rings (SSSR count). The average Bonchev–Trinajstić information content (AvgIpc) is 3.57. The highest BCUT2D eigenvalue weighted by molar-refractivity contribution is 5.91. The molecule has 1 aromatic rings. The summed E-state index contributed by atoms with van der Waals surface area (Å²) in [6, 6.07) is 7.29. The molecule has 4 bridgehead atoms. The molecule has 1 saturated heterocycles. The van der Waals surface area contributed by atoms with Crippen LogP contribution in [0.5, 0.6) is 5.75 Å². The molecule has 2 N–H and O–H groups in total. The summed E-state index contributed by atoms with van der Waals surface area (Å²) in [5.74, 6) is -1.35. The second-order valence-corrected chi connectivity index (χ2v) is 11.3. The van der Waals surface area contributed by atoms with E-state index in [2.05, 4.69) is 12.2 Å². The SMILES string of the molecule is COc1ccc(C[C@H]2NC(=O)[C@@H]3OC(=O)O/C=C\[C@](C)(O)C(=O)[C@H](C)CC4=C[C@@H]3[C@H]3O[C@@]3(C)[C@H](C)[C@H]42)cc1. The Morgan fingerprint density at radius 1 is 1.13 bits per heavy atom. The van der Waals surface area contributed by atoms with Crippen molar-refractivity contribution < 1.29 is 38.4 Å². The molecule has 0 saturated carbocycles. The van der Waals surface area contributed by atoms with E-state index >= 15 is 0 Å². The van der Waals surface area contributed by atoms with Crippen LogP contribution in [0.15, 0.2) is 48.3 Å². The first kappa shape index (κ1) is 26.4. The highest BCUT2D eigenvalue weighted by atomic mass is 16.7. The number of methoxy groups -OCH3 is 1. The van der Waals surface area contributed by atoms with Crippen molar-refractivity contribution in [2.75, 3.05) is 7.11 Å². The number of epoxide rings is 1. The maximum atomic E-state index is 13.6. The zero-order chi connectivity index (χ0) is 27.4. The van der Waals surface area contributed by atoms with Gasteiger partial charge >= 0.3 is 6.16 Å². The number of hydrogen-bond donors (Lipinski definition) is 2. The van der Waals surface area contributed by atoms with Gasteiger partial charge in [-0.3, -0.25) is 9.59 Å². The molecule has 3 aliphatic heterocycles. The van der Waals surface area contributed by atoms with Crippen molar-refractivity contribution in [1.82, 2.24) is 5.32 Å². The van der Waals surface area contributed by atoms with Gasteiger partial charge < -0.3 is 29.4 Å². The Morgan fingerprint density at radius 2 is 1.84 bits per heavy atom. The summed E-state index contributed by atoms with van der Waals surface area (Å²) in [6.45, 7) is 7.29. The number of ketones is 1. The molecule has 1 fully saturated rings. The molecule has 4 aliphatic rings. The van der Waals surface area contributed by atoms with Crippen LogP contribution in [0, 0.1) is 23.7 Å². The maximum Gasteiger partial charge on any atom is 0.514 e. The molecule has 3 heterocycles. The Bertz CT molecular complexity index is 1190. The van der Waals surface area contributed by atoms with Crippen molar-refractivity contribution in [2.24, 2.45) is 23.7 Å². The molecule has 9 nitrogen and oxygen atoms in total. The van der Waals surface area contributed by atoms with Crippen LogP contribution in [0.3, 0.4) is 0 Å². The quantitative estimate of drug-likeness (QED) is 0.351. The summed E-state index contributed by atoms with van der Waals surface area (Å²) in [7, 11) is 1.61. The Balaban J connectivity index is 1.61. The Kier molecular flexibility index (Phi) is 6.64. The number of rotatable bonds is 3. The van der Waals surface area contributed by atoms with Gasteiger partial charge in [0.25, 0.3) is 5.91 Å². The van der Waals surface area contributed by atoms with Crippen molar-refractivity contribution in [2.45, 2.75) is 70.0 Å². The number of carbonyl (C=O) groups excluding carboxylic acids is 3. The van der Waals surface area contributed by atoms with Crippen LogP contribution in [-0.4, -0.2) is 59.5 Å². The van der Waals surface area contributed by atoms with Crippen molar-refractivity contribution in [3.8, 4) is 5.75 Å². The van der Waals surface area contributed by atoms with E-state index in [9.17, 15) is 19.5 Å². The number of carbonyl (C=O) groups is 3. The second-order valence-electron chi connectivity index (χ2n) is 11.3. The van der Waals surface area contributed by atoms with Crippen molar-refractivity contribution in [3.05, 3.63) is 53.8 Å². The Morgan fingerprint density at radius 3 is 2.53 bits per heavy atom. The van der Waals surface area contributed by atoms with Gasteiger partial charge in [0.15, 0.2) is 11.9 Å². The number of amides is 1. The molecule has 38 heavy (non-hydrogen) atoms. The number of hydrogen-bond acceptors (Lipinski definition) is 8. The van der Waals surface area contributed by atoms with E-state index in [1.165, 1.54) is 6.92 Å². The molecule has 204 valence electrons. The van der Waals surface area contributed by atoms with E-state index in [1.807, 2.05) is 37.3 Å². The topological polar surface area (TPSA) is 124 Å². The van der Waals surface area contributed by atoms with Crippen LogP contribution in [-0.2, 0) is 30.2 Å². The molecule has 0 radical (unpaired) electrons. The van der Waals surface area contributed by atoms with Crippen molar-refractivity contribution in [3.63, 3.8) is 0 Å². The first-order valence-electron chi connectivity index (χ1n) is 13.1. The number of aliphatic hydroxyl groups is 1. The lowest BCUT2D eigenvalue weighted by Crippen LogP contribution is -2.52. The molecule has 0 aromatic heterocycles. The van der Waals surface area contributed by atoms with Gasteiger partial charge in [-0.05, 0) is 56.4 Å². The predicted octanol–water partition coefficient (Wildman–Crippen LogP) is 3.10. The third-order valence-corrected chi connectivity index (χ3v) is 8.77. The fourth-order valence-corrected chi connectivity index (χ4v) is 6.48. The van der Waals surface area contributed by atoms with Gasteiger partial charge in [0.2, 0.25) is 0 Å². The van der Waals surface area contributed by atoms with E-state index in [1.54, 1.807) is 14.0 Å². The third kappa shape index (κ3) is 4.62. The van der Waals surface area contributed by atoms with Gasteiger partial charge in [-0.15, -0.1) is 0 Å². The van der Waals surface area contributed by atoms with Crippen LogP contribution < -0.4 is 10.1 Å². The first-order chi connectivity index (χ1) is 17.9. The summed E-state index contributed by atoms with van der Waals surface area (Å²) in [6.07, 6.45) is 2.30. The molecule has 0 spiro atoms. The van der Waals surface area contributed by atoms with Gasteiger partial charge in [-0.1, -0.05) is 37.6 Å². The molecule has 0 unspecified atom stereocenters. The standard InChI is InChI=1S/C29H35NO8/c1-15-12-18-14-20-23(37-27(33)36-11-10-28(3,34)24(15)31)26(32)30-21(13-17-6-8-19(35-5)9-7-17)22(18)16(2)29(4)25(20)38-29/h6-11,14-16,20-23,25,34H,12-13H2,1-5H3,(H,30,32)/b11-10-/t15-,16-,20+,21-,22-,23-,25-,28+,29+/m1/s1. The number of fused-ring (bicyclic) bond motifs is 1. The van der Waals surface area contributed by atoms with Crippen LogP contribution >= 0.6 is 0 Å². The predicted molar refractivity (Wildman–Crippen MR) is 136 cm³/mol. The van der Waals surface area contributed by atoms with Gasteiger partial charge in [0, 0.05) is 17.9 Å². The molecule has 1 aromatic carbocycles. The summed E-state index contributed by atoms with van der Waals surface area (Å²) in [5, 5.41) is 14.0. The minimum absolute atomic E-state index is 0.0198. The summed E-state index contributed by atoms with van der Waals surface area (Å²) in [4.78, 5) is 39.5. The Labute approximate surface area is 222 Å². The molecular formula is C29H35NO8. The molecule has 9 heteroatoms. The number of nitrogens with one attached hydrogen (secondary N) is 1. The van der Waals surface area contributed by atoms with Gasteiger partial charge in [0.1, 0.15) is 11.4 Å². The lowest BCUT2D eigenvalue weighted by atomic mass is 9.71. The van der Waals surface area contributed by atoms with Crippen LogP contribution in [0.25, 0.3) is 0 Å². The zero-order valence-electron chi connectivity index (χ0n) is 22.3. The van der Waals surface area contributed by atoms with E-state index in [0.717, 1.165) is 29.2 Å². The highest BCUT2D eigenvalue weighted by Gasteiger charge is 2.66. The maximum absolute atomic E-state index is 13.6. The molecule has 1 aliphatic carbocycles. The number of cyclic esters (lactones) is 1. The summed E-state index contributed by atoms with van der Waals surface area (Å²) >= 11 is 0. The van der Waals surface area contributed by atoms with Crippen molar-refractivity contribution in [1.29, 1.82) is 0 Å². The zero-order valence-corrected chi connectivity index (χ0v) is 22.3. The fraction of sp³-hybridized carbons (Fsp3) is 0.552. The summed E-state index contributed by atoms with van der Waals surface area (Å²) < 4.78 is 22.1. The lowest BCUT2D eigenvalue weighted by Gasteiger charge is -2.38. The number of Topliss-reactive ketones (excluding diaryl/α,β-unsaturated/α-hetero) is 1. The fourth-order valence-electron chi connectivity index (χ4n) is 6.48. The average molecular weight is 526 g/mol. The first-order valence-corrected chi connectivity index (χ1v) is 13.1. The molecule has 9 atom stereocenters. The lowest BCUT2D eigenvalue weighted by molar-refractivity contribution is -0.135. The highest BCUT2D eigenvalue weighted by Crippen LogP contribution is 2.56. The number of ether oxygens (including phenoxy) is 4.